The van der Waals surface area contributed by atoms with Crippen LogP contribution >= 0.6 is 11.8 Å². The van der Waals surface area contributed by atoms with Gasteiger partial charge in [0.25, 0.3) is 5.56 Å². The molecule has 4 aromatic rings. The number of para-hydroxylation sites is 1. The number of halogens is 1. The highest BCUT2D eigenvalue weighted by Crippen LogP contribution is 2.27. The van der Waals surface area contributed by atoms with Crippen LogP contribution in [0.25, 0.3) is 11.4 Å². The maximum Gasteiger partial charge on any atom is 0.297 e. The number of rotatable bonds is 6. The molecule has 1 aliphatic rings. The highest BCUT2D eigenvalue weighted by Gasteiger charge is 2.24. The molecule has 0 spiro atoms. The van der Waals surface area contributed by atoms with Crippen LogP contribution in [0.3, 0.4) is 0 Å². The van der Waals surface area contributed by atoms with Gasteiger partial charge in [0.05, 0.1) is 22.7 Å². The summed E-state index contributed by atoms with van der Waals surface area (Å²) < 4.78 is 19.1. The Kier molecular flexibility index (Phi) is 5.81. The summed E-state index contributed by atoms with van der Waals surface area (Å²) >= 11 is 1.01. The number of benzene rings is 2. The molecule has 1 amide bonds. The van der Waals surface area contributed by atoms with Crippen molar-refractivity contribution in [2.75, 3.05) is 11.1 Å². The van der Waals surface area contributed by atoms with E-state index in [0.717, 1.165) is 11.8 Å². The van der Waals surface area contributed by atoms with E-state index in [1.165, 1.54) is 21.5 Å². The normalized spacial score (nSPS) is 12.9. The van der Waals surface area contributed by atoms with Gasteiger partial charge in [-0.2, -0.15) is 4.68 Å². The minimum absolute atomic E-state index is 0.0613. The molecule has 0 fully saturated rings. The maximum absolute atomic E-state index is 14.6. The van der Waals surface area contributed by atoms with E-state index < -0.39 is 11.6 Å². The minimum atomic E-state index is -0.708. The van der Waals surface area contributed by atoms with Crippen molar-refractivity contribution in [3.63, 3.8) is 0 Å². The SMILES string of the molecule is Cc1c(-n2nnnc2SCC(=O)c2cc3c(cc2F)NC(=O)CC3)c(=O)n(-c2ccccc2)n1C. The zero-order valence-electron chi connectivity index (χ0n) is 18.9. The predicted octanol–water partition coefficient (Wildman–Crippen LogP) is 2.46. The molecule has 0 unspecified atom stereocenters. The summed E-state index contributed by atoms with van der Waals surface area (Å²) in [6.07, 6.45) is 0.723. The van der Waals surface area contributed by atoms with Crippen molar-refractivity contribution in [3.05, 3.63) is 75.5 Å². The molecular weight excluding hydrogens is 473 g/mol. The Morgan fingerprint density at radius 1 is 1.17 bits per heavy atom. The van der Waals surface area contributed by atoms with Gasteiger partial charge in [0.1, 0.15) is 5.82 Å². The number of Topliss-reactive ketones (excluding diaryl/α,β-unsaturated/α-hetero) is 1. The number of nitrogens with one attached hydrogen (secondary N) is 1. The van der Waals surface area contributed by atoms with E-state index in [4.69, 9.17) is 0 Å². The molecule has 5 rings (SSSR count). The summed E-state index contributed by atoms with van der Waals surface area (Å²) in [5.41, 5.74) is 2.29. The average molecular weight is 494 g/mol. The molecule has 1 aliphatic heterocycles. The van der Waals surface area contributed by atoms with Crippen molar-refractivity contribution < 1.29 is 14.0 Å². The molecule has 10 nitrogen and oxygen atoms in total. The fourth-order valence-corrected chi connectivity index (χ4v) is 4.79. The number of hydrogen-bond acceptors (Lipinski definition) is 7. The van der Waals surface area contributed by atoms with Crippen molar-refractivity contribution in [1.29, 1.82) is 0 Å². The fraction of sp³-hybridized carbons (Fsp3) is 0.217. The van der Waals surface area contributed by atoms with Crippen molar-refractivity contribution in [1.82, 2.24) is 29.6 Å². The van der Waals surface area contributed by atoms with Gasteiger partial charge in [-0.05, 0) is 53.6 Å². The summed E-state index contributed by atoms with van der Waals surface area (Å²) in [4.78, 5) is 37.7. The first-order valence-corrected chi connectivity index (χ1v) is 11.7. The van der Waals surface area contributed by atoms with E-state index in [-0.39, 0.29) is 40.0 Å². The lowest BCUT2D eigenvalue weighted by Gasteiger charge is -2.17. The van der Waals surface area contributed by atoms with Crippen LogP contribution < -0.4 is 10.9 Å². The van der Waals surface area contributed by atoms with E-state index in [9.17, 15) is 18.8 Å². The van der Waals surface area contributed by atoms with E-state index in [1.54, 1.807) is 18.7 Å². The van der Waals surface area contributed by atoms with Gasteiger partial charge in [-0.15, -0.1) is 5.10 Å². The molecule has 178 valence electrons. The first-order valence-electron chi connectivity index (χ1n) is 10.8. The van der Waals surface area contributed by atoms with E-state index in [0.29, 0.717) is 29.1 Å². The molecule has 0 radical (unpaired) electrons. The number of carbonyl (C=O) groups excluding carboxylic acids is 2. The first-order chi connectivity index (χ1) is 16.8. The van der Waals surface area contributed by atoms with Crippen molar-refractivity contribution in [2.24, 2.45) is 7.05 Å². The molecule has 3 heterocycles. The van der Waals surface area contributed by atoms with Crippen molar-refractivity contribution >= 4 is 29.1 Å². The van der Waals surface area contributed by atoms with Crippen LogP contribution in [0.5, 0.6) is 0 Å². The number of aryl methyl sites for hydroxylation is 1. The Balaban J connectivity index is 1.42. The molecule has 0 bridgehead atoms. The lowest BCUT2D eigenvalue weighted by atomic mass is 9.98. The van der Waals surface area contributed by atoms with Crippen molar-refractivity contribution in [2.45, 2.75) is 24.9 Å². The monoisotopic (exact) mass is 493 g/mol. The summed E-state index contributed by atoms with van der Waals surface area (Å²) in [6, 6.07) is 11.8. The van der Waals surface area contributed by atoms with Crippen LogP contribution in [0.15, 0.2) is 52.4 Å². The third-order valence-corrected chi connectivity index (χ3v) is 6.82. The van der Waals surface area contributed by atoms with E-state index >= 15 is 0 Å². The summed E-state index contributed by atoms with van der Waals surface area (Å²) in [5, 5.41) is 14.5. The number of thioether (sulfide) groups is 1. The molecule has 0 saturated carbocycles. The van der Waals surface area contributed by atoms with Crippen molar-refractivity contribution in [3.8, 4) is 11.4 Å². The molecule has 0 aliphatic carbocycles. The van der Waals surface area contributed by atoms with E-state index in [1.807, 2.05) is 30.3 Å². The average Bonchev–Trinajstić information content (AvgIpc) is 3.38. The van der Waals surface area contributed by atoms with Gasteiger partial charge in [0.15, 0.2) is 11.5 Å². The Bertz CT molecular complexity index is 1520. The topological polar surface area (TPSA) is 117 Å². The number of nitrogens with zero attached hydrogens (tertiary/aromatic N) is 6. The Morgan fingerprint density at radius 3 is 2.71 bits per heavy atom. The van der Waals surface area contributed by atoms with Gasteiger partial charge >= 0.3 is 0 Å². The number of tetrazole rings is 1. The number of hydrogen-bond donors (Lipinski definition) is 1. The maximum atomic E-state index is 14.6. The third kappa shape index (κ3) is 4.05. The molecule has 35 heavy (non-hydrogen) atoms. The summed E-state index contributed by atoms with van der Waals surface area (Å²) in [5.74, 6) is -1.48. The fourth-order valence-electron chi connectivity index (χ4n) is 4.03. The van der Waals surface area contributed by atoms with Gasteiger partial charge in [0.2, 0.25) is 11.1 Å². The highest BCUT2D eigenvalue weighted by molar-refractivity contribution is 7.99. The number of ketones is 1. The van der Waals surface area contributed by atoms with Crippen LogP contribution in [0.2, 0.25) is 0 Å². The second kappa shape index (κ2) is 8.95. The number of carbonyl (C=O) groups is 2. The summed E-state index contributed by atoms with van der Waals surface area (Å²) in [6.45, 7) is 1.78. The first kappa shape index (κ1) is 22.7. The Hall–Kier alpha value is -4.06. The zero-order chi connectivity index (χ0) is 24.7. The van der Waals surface area contributed by atoms with Crippen LogP contribution in [0.4, 0.5) is 10.1 Å². The number of aromatic nitrogens is 6. The summed E-state index contributed by atoms with van der Waals surface area (Å²) in [7, 11) is 1.76. The highest BCUT2D eigenvalue weighted by atomic mass is 32.2. The third-order valence-electron chi connectivity index (χ3n) is 5.90. The van der Waals surface area contributed by atoms with Gasteiger partial charge in [-0.3, -0.25) is 19.1 Å². The van der Waals surface area contributed by atoms with Crippen LogP contribution in [0, 0.1) is 12.7 Å². The van der Waals surface area contributed by atoms with Gasteiger partial charge in [-0.1, -0.05) is 30.0 Å². The molecule has 0 saturated heterocycles. The van der Waals surface area contributed by atoms with Gasteiger partial charge in [0, 0.05) is 19.2 Å². The zero-order valence-corrected chi connectivity index (χ0v) is 19.7. The second-order valence-corrected chi connectivity index (χ2v) is 8.98. The van der Waals surface area contributed by atoms with Crippen LogP contribution in [-0.4, -0.2) is 47.0 Å². The lowest BCUT2D eigenvalue weighted by molar-refractivity contribution is -0.116. The molecule has 1 N–H and O–H groups in total. The minimum Gasteiger partial charge on any atom is -0.326 e. The lowest BCUT2D eigenvalue weighted by Crippen LogP contribution is -2.22. The molecule has 2 aromatic heterocycles. The largest absolute Gasteiger partial charge is 0.326 e. The van der Waals surface area contributed by atoms with E-state index in [2.05, 4.69) is 20.8 Å². The molecule has 0 atom stereocenters. The smallest absolute Gasteiger partial charge is 0.297 e. The van der Waals surface area contributed by atoms with Gasteiger partial charge < -0.3 is 5.32 Å². The molecule has 12 heteroatoms. The number of fused-ring (bicyclic) bond motifs is 1. The number of amides is 1. The van der Waals surface area contributed by atoms with Crippen LogP contribution in [-0.2, 0) is 18.3 Å². The molecular formula is C23H20FN7O3S. The second-order valence-electron chi connectivity index (χ2n) is 8.03. The Labute approximate surface area is 202 Å². The standard InChI is InChI=1S/C23H20FN7O3S/c1-13-21(22(34)31(29(13)2)15-6-4-3-5-7-15)30-23(26-27-28-30)35-12-19(32)16-10-14-8-9-20(33)25-18(14)11-17(16)24/h3-7,10-11H,8-9,12H2,1-2H3,(H,25,33). The van der Waals surface area contributed by atoms with Gasteiger partial charge in [-0.25, -0.2) is 9.07 Å². The van der Waals surface area contributed by atoms with Crippen LogP contribution in [0.1, 0.15) is 28.0 Å². The molecule has 2 aromatic carbocycles. The predicted molar refractivity (Wildman–Crippen MR) is 127 cm³/mol. The Morgan fingerprint density at radius 2 is 1.94 bits per heavy atom. The number of anilines is 1. The quantitative estimate of drug-likeness (QED) is 0.324.